The largest absolute Gasteiger partial charge is 0.349 e. The summed E-state index contributed by atoms with van der Waals surface area (Å²) in [4.78, 5) is 12.0. The number of halogens is 2. The number of rotatable bonds is 5. The Morgan fingerprint density at radius 2 is 2.18 bits per heavy atom. The van der Waals surface area contributed by atoms with Crippen molar-refractivity contribution >= 4 is 49.5 Å². The number of nitrogens with one attached hydrogen (secondary N) is 1. The van der Waals surface area contributed by atoms with Crippen LogP contribution in [0.2, 0.25) is 0 Å². The third-order valence-corrected chi connectivity index (χ3v) is 4.45. The number of carbonyl (C=O) groups is 1. The molecule has 1 N–H and O–H groups in total. The SMILES string of the molecule is CCSCC(C)NC(=O)c1cc(Br)ccc1Br. The van der Waals surface area contributed by atoms with E-state index in [1.54, 1.807) is 0 Å². The molecule has 1 aromatic carbocycles. The molecule has 0 saturated heterocycles. The maximum atomic E-state index is 12.0. The maximum absolute atomic E-state index is 12.0. The number of amides is 1. The Labute approximate surface area is 123 Å². The van der Waals surface area contributed by atoms with Crippen LogP contribution < -0.4 is 5.32 Å². The zero-order chi connectivity index (χ0) is 12.8. The van der Waals surface area contributed by atoms with Crippen LogP contribution in [0.1, 0.15) is 24.2 Å². The summed E-state index contributed by atoms with van der Waals surface area (Å²) in [6, 6.07) is 5.76. The third kappa shape index (κ3) is 5.02. The summed E-state index contributed by atoms with van der Waals surface area (Å²) >= 11 is 8.58. The van der Waals surface area contributed by atoms with Gasteiger partial charge >= 0.3 is 0 Å². The van der Waals surface area contributed by atoms with Crippen LogP contribution in [0.3, 0.4) is 0 Å². The van der Waals surface area contributed by atoms with Gasteiger partial charge in [-0.3, -0.25) is 4.79 Å². The Hall–Kier alpha value is -0.000000000000000111. The second kappa shape index (κ2) is 7.44. The summed E-state index contributed by atoms with van der Waals surface area (Å²) in [5.41, 5.74) is 0.660. The van der Waals surface area contributed by atoms with Crippen molar-refractivity contribution in [1.82, 2.24) is 5.32 Å². The first-order valence-corrected chi connectivity index (χ1v) is 8.12. The molecular weight excluding hydrogens is 366 g/mol. The van der Waals surface area contributed by atoms with Gasteiger partial charge in [0.1, 0.15) is 0 Å². The first-order chi connectivity index (χ1) is 8.04. The first-order valence-electron chi connectivity index (χ1n) is 5.38. The van der Waals surface area contributed by atoms with Crippen LogP contribution in [0.15, 0.2) is 27.1 Å². The van der Waals surface area contributed by atoms with Gasteiger partial charge in [-0.1, -0.05) is 22.9 Å². The van der Waals surface area contributed by atoms with Crippen molar-refractivity contribution in [1.29, 1.82) is 0 Å². The predicted molar refractivity (Wildman–Crippen MR) is 81.8 cm³/mol. The van der Waals surface area contributed by atoms with Crippen LogP contribution in [0, 0.1) is 0 Å². The van der Waals surface area contributed by atoms with E-state index in [1.165, 1.54) is 0 Å². The van der Waals surface area contributed by atoms with Crippen LogP contribution in [-0.2, 0) is 0 Å². The van der Waals surface area contributed by atoms with Crippen LogP contribution in [0.25, 0.3) is 0 Å². The summed E-state index contributed by atoms with van der Waals surface area (Å²) in [5.74, 6) is 1.97. The fraction of sp³-hybridized carbons (Fsp3) is 0.417. The molecule has 2 nitrogen and oxygen atoms in total. The smallest absolute Gasteiger partial charge is 0.252 e. The molecule has 17 heavy (non-hydrogen) atoms. The molecule has 1 atom stereocenters. The number of thioether (sulfide) groups is 1. The highest BCUT2D eigenvalue weighted by Gasteiger charge is 2.13. The maximum Gasteiger partial charge on any atom is 0.252 e. The quantitative estimate of drug-likeness (QED) is 0.833. The number of carbonyl (C=O) groups excluding carboxylic acids is 1. The fourth-order valence-corrected chi connectivity index (χ4v) is 2.77. The molecule has 0 spiro atoms. The van der Waals surface area contributed by atoms with E-state index < -0.39 is 0 Å². The molecule has 0 fully saturated rings. The number of hydrogen-bond acceptors (Lipinski definition) is 2. The Morgan fingerprint density at radius 1 is 1.47 bits per heavy atom. The number of benzene rings is 1. The summed E-state index contributed by atoms with van der Waals surface area (Å²) in [6.07, 6.45) is 0. The Morgan fingerprint density at radius 3 is 2.82 bits per heavy atom. The van der Waals surface area contributed by atoms with Crippen molar-refractivity contribution in [2.45, 2.75) is 19.9 Å². The molecule has 1 unspecified atom stereocenters. The molecular formula is C12H15Br2NOS. The minimum absolute atomic E-state index is 0.0395. The lowest BCUT2D eigenvalue weighted by Gasteiger charge is -2.14. The lowest BCUT2D eigenvalue weighted by atomic mass is 10.2. The molecule has 0 aliphatic heterocycles. The molecule has 0 bridgehead atoms. The average Bonchev–Trinajstić information content (AvgIpc) is 2.29. The molecule has 5 heteroatoms. The standard InChI is InChI=1S/C12H15Br2NOS/c1-3-17-7-8(2)15-12(16)10-6-9(13)4-5-11(10)14/h4-6,8H,3,7H2,1-2H3,(H,15,16). The van der Waals surface area contributed by atoms with Crippen LogP contribution in [-0.4, -0.2) is 23.5 Å². The van der Waals surface area contributed by atoms with E-state index >= 15 is 0 Å². The molecule has 0 aliphatic rings. The van der Waals surface area contributed by atoms with Gasteiger partial charge in [-0.15, -0.1) is 0 Å². The molecule has 0 radical (unpaired) electrons. The van der Waals surface area contributed by atoms with Crippen molar-refractivity contribution in [2.24, 2.45) is 0 Å². The van der Waals surface area contributed by atoms with E-state index in [1.807, 2.05) is 36.9 Å². The van der Waals surface area contributed by atoms with Crippen molar-refractivity contribution in [3.63, 3.8) is 0 Å². The van der Waals surface area contributed by atoms with Crippen molar-refractivity contribution in [3.05, 3.63) is 32.7 Å². The normalized spacial score (nSPS) is 12.2. The monoisotopic (exact) mass is 379 g/mol. The van der Waals surface area contributed by atoms with E-state index in [0.717, 1.165) is 20.5 Å². The Bertz CT molecular complexity index is 398. The molecule has 0 aliphatic carbocycles. The van der Waals surface area contributed by atoms with Gasteiger partial charge in [-0.05, 0) is 46.8 Å². The zero-order valence-electron chi connectivity index (χ0n) is 9.80. The second-order valence-electron chi connectivity index (χ2n) is 3.66. The van der Waals surface area contributed by atoms with Gasteiger partial charge in [-0.2, -0.15) is 11.8 Å². The van der Waals surface area contributed by atoms with Crippen LogP contribution in [0.4, 0.5) is 0 Å². The van der Waals surface area contributed by atoms with Gasteiger partial charge < -0.3 is 5.32 Å². The minimum Gasteiger partial charge on any atom is -0.349 e. The summed E-state index contributed by atoms with van der Waals surface area (Å²) in [7, 11) is 0. The first kappa shape index (κ1) is 15.1. The van der Waals surface area contributed by atoms with Gasteiger partial charge in [-0.25, -0.2) is 0 Å². The lowest BCUT2D eigenvalue weighted by molar-refractivity contribution is 0.0943. The molecule has 1 rings (SSSR count). The highest BCUT2D eigenvalue weighted by molar-refractivity contribution is 9.11. The van der Waals surface area contributed by atoms with Crippen molar-refractivity contribution in [3.8, 4) is 0 Å². The summed E-state index contributed by atoms with van der Waals surface area (Å²) < 4.78 is 1.72. The highest BCUT2D eigenvalue weighted by atomic mass is 79.9. The van der Waals surface area contributed by atoms with E-state index in [9.17, 15) is 4.79 Å². The fourth-order valence-electron chi connectivity index (χ4n) is 1.31. The van der Waals surface area contributed by atoms with Gasteiger partial charge in [0, 0.05) is 20.7 Å². The van der Waals surface area contributed by atoms with Gasteiger partial charge in [0.2, 0.25) is 0 Å². The van der Waals surface area contributed by atoms with Crippen molar-refractivity contribution < 1.29 is 4.79 Å². The van der Waals surface area contributed by atoms with E-state index in [4.69, 9.17) is 0 Å². The van der Waals surface area contributed by atoms with E-state index in [-0.39, 0.29) is 11.9 Å². The molecule has 1 amide bonds. The average molecular weight is 381 g/mol. The molecule has 0 heterocycles. The van der Waals surface area contributed by atoms with Gasteiger partial charge in [0.25, 0.3) is 5.91 Å². The molecule has 0 saturated carbocycles. The van der Waals surface area contributed by atoms with Crippen LogP contribution >= 0.6 is 43.6 Å². The Balaban J connectivity index is 2.66. The number of hydrogen-bond donors (Lipinski definition) is 1. The van der Waals surface area contributed by atoms with Crippen molar-refractivity contribution in [2.75, 3.05) is 11.5 Å². The van der Waals surface area contributed by atoms with Gasteiger partial charge in [0.15, 0.2) is 0 Å². The third-order valence-electron chi connectivity index (χ3n) is 2.12. The summed E-state index contributed by atoms with van der Waals surface area (Å²) in [5, 5.41) is 2.99. The minimum atomic E-state index is -0.0395. The highest BCUT2D eigenvalue weighted by Crippen LogP contribution is 2.21. The topological polar surface area (TPSA) is 29.1 Å². The zero-order valence-corrected chi connectivity index (χ0v) is 13.8. The van der Waals surface area contributed by atoms with E-state index in [2.05, 4.69) is 44.1 Å². The molecule has 0 aromatic heterocycles. The Kier molecular flexibility index (Phi) is 6.59. The van der Waals surface area contributed by atoms with E-state index in [0.29, 0.717) is 5.56 Å². The second-order valence-corrected chi connectivity index (χ2v) is 6.75. The van der Waals surface area contributed by atoms with Gasteiger partial charge in [0.05, 0.1) is 5.56 Å². The summed E-state index contributed by atoms with van der Waals surface area (Å²) in [6.45, 7) is 4.14. The van der Waals surface area contributed by atoms with Crippen LogP contribution in [0.5, 0.6) is 0 Å². The predicted octanol–water partition coefficient (Wildman–Crippen LogP) is 4.08. The molecule has 1 aromatic rings. The lowest BCUT2D eigenvalue weighted by Crippen LogP contribution is -2.34. The molecule has 94 valence electrons.